The molecule has 1 heterocycles. The predicted molar refractivity (Wildman–Crippen MR) is 441 cm³/mol. The zero-order valence-electron chi connectivity index (χ0n) is 77.1. The van der Waals surface area contributed by atoms with Crippen molar-refractivity contribution in [3.05, 3.63) is 22.3 Å². The molecular formula is C31H111Al4Ca4Mg4O54P18Zn4-. The molecule has 0 aromatic heterocycles. The third-order valence-corrected chi connectivity index (χ3v) is 28.7. The van der Waals surface area contributed by atoms with E-state index in [1.165, 1.54) is 68.9 Å². The van der Waals surface area contributed by atoms with Gasteiger partial charge in [-0.1, -0.05) is 21.0 Å². The van der Waals surface area contributed by atoms with Crippen LogP contribution in [0.3, 0.4) is 0 Å². The smallest absolute Gasteiger partial charge is 1.00 e. The Bertz CT molecular complexity index is 2710. The van der Waals surface area contributed by atoms with Crippen molar-refractivity contribution < 1.29 is 329 Å². The molecule has 1 aliphatic heterocycles. The molecule has 1 aliphatic rings. The molecule has 686 valence electrons. The molecule has 1 fully saturated rings. The van der Waals surface area contributed by atoms with Crippen molar-refractivity contribution in [1.82, 2.24) is 0 Å². The van der Waals surface area contributed by atoms with Gasteiger partial charge in [0.05, 0.1) is 0 Å². The van der Waals surface area contributed by atoms with Crippen molar-refractivity contribution in [1.29, 1.82) is 0 Å². The summed E-state index contributed by atoms with van der Waals surface area (Å²) >= 11 is -3.99. The molecule has 88 heteroatoms. The van der Waals surface area contributed by atoms with Crippen LogP contribution in [0.15, 0.2) is 0 Å². The topological polar surface area (TPSA) is 888 Å². The molecule has 1 saturated heterocycles. The van der Waals surface area contributed by atoms with E-state index in [4.69, 9.17) is 84.8 Å². The maximum absolute atomic E-state index is 11.3. The van der Waals surface area contributed by atoms with Gasteiger partial charge in [-0.15, -0.1) is 0 Å². The Morgan fingerprint density at radius 3 is 0.496 bits per heavy atom. The first-order chi connectivity index (χ1) is 44.1. The summed E-state index contributed by atoms with van der Waals surface area (Å²) in [6, 6.07) is 0. The fourth-order valence-electron chi connectivity index (χ4n) is 1.24. The minimum atomic E-state index is -4.14. The average Bonchev–Trinajstić information content (AvgIpc) is 0.813. The molecule has 0 spiro atoms. The third-order valence-electron chi connectivity index (χ3n) is 5.19. The molecule has 54 nitrogen and oxygen atoms in total. The first-order valence-corrected chi connectivity index (χ1v) is 65.6. The number of rotatable bonds is 17. The van der Waals surface area contributed by atoms with Crippen LogP contribution in [-0.2, 0) is 226 Å². The van der Waals surface area contributed by atoms with Crippen LogP contribution >= 0.6 is 137 Å². The Labute approximate surface area is 968 Å². The second-order valence-electron chi connectivity index (χ2n) is 17.6. The molecule has 0 radical (unpaired) electrons. The Hall–Kier alpha value is 15.4. The van der Waals surface area contributed by atoms with E-state index >= 15 is 0 Å². The van der Waals surface area contributed by atoms with E-state index < -0.39 is 167 Å². The van der Waals surface area contributed by atoms with E-state index in [0.717, 1.165) is 102 Å². The molecule has 13 atom stereocenters. The van der Waals surface area contributed by atoms with Crippen molar-refractivity contribution >= 4 is 443 Å². The molecule has 1 rings (SSSR count). The van der Waals surface area contributed by atoms with Gasteiger partial charge < -0.3 is 228 Å². The Balaban J connectivity index is -0.0000000215. The molecule has 0 saturated carbocycles. The fourth-order valence-corrected chi connectivity index (χ4v) is 12.2. The van der Waals surface area contributed by atoms with Crippen LogP contribution < -0.4 is 48.9 Å². The molecule has 119 heavy (non-hydrogen) atoms. The van der Waals surface area contributed by atoms with Crippen molar-refractivity contribution in [2.45, 2.75) is 5.79 Å². The Morgan fingerprint density at radius 1 is 0.328 bits per heavy atom. The fraction of sp³-hybridized carbons (Fsp3) is 0.903. The first-order valence-electron chi connectivity index (χ1n) is 24.3. The van der Waals surface area contributed by atoms with Gasteiger partial charge in [-0.05, 0) is 13.3 Å². The molecule has 10 N–H and O–H groups in total. The van der Waals surface area contributed by atoms with Crippen LogP contribution in [0.5, 0.6) is 0 Å². The first kappa shape index (κ1) is 219. The molecule has 0 amide bonds. The third kappa shape index (κ3) is 427. The summed E-state index contributed by atoms with van der Waals surface area (Å²) < 4.78 is 249. The predicted octanol–water partition coefficient (Wildman–Crippen LogP) is -3.99. The Morgan fingerprint density at radius 2 is 0.445 bits per heavy atom. The van der Waals surface area contributed by atoms with Gasteiger partial charge in [0.25, 0.3) is 22.8 Å². The maximum Gasteiger partial charge on any atom is 2.00 e. The SMILES string of the molecule is COP(C)(=O)O.COP(C)(=O)O.COP(C)(=O)[O-].COP(C)(=O)[O-].COP(C)(=O)[O-].COP(C)(=O)[O-].COP(C)(=O)[O][AlH2].COP(C)(=O)[O][Al]([CH3])[O]P(C)(=O)OC.CP(=O)(O)O.CP(=O)(O)O.CP(=O)(O)[O][AlH2].CP(=O)(O)[O][Al]1[O]P(C)(=O)[O]1.CP(=O)([O-])O.CP(=O)([O-])O.CP(=O)([O-])[O-].CP(=O)([O-])[O-].[CH3-].[CH3-].[CH3-].[Ca+2].[Ca+2].[Ca+2].[Ca+2].[H-].[H-].[H-].[H-].[Mg+2].[Mg+2].[Mg+2].[Mg+2].[Zn].[Zn].[Zn].[Zn]. The van der Waals surface area contributed by atoms with Crippen LogP contribution in [-0.4, -0.2) is 539 Å². The maximum atomic E-state index is 11.3. The number of hydrogen-bond acceptors (Lipinski definition) is 44. The summed E-state index contributed by atoms with van der Waals surface area (Å²) in [4.78, 5) is 173. The van der Waals surface area contributed by atoms with E-state index in [9.17, 15) is 102 Å². The van der Waals surface area contributed by atoms with Crippen LogP contribution in [0.2, 0.25) is 5.79 Å². The number of hydrogen-bond donors (Lipinski definition) is 10. The van der Waals surface area contributed by atoms with Crippen molar-refractivity contribution in [3.63, 3.8) is 0 Å². The second-order valence-corrected chi connectivity index (χ2v) is 58.1. The molecule has 0 bridgehead atoms. The Kier molecular flexibility index (Phi) is 204. The van der Waals surface area contributed by atoms with Gasteiger partial charge in [-0.25, -0.2) is 0 Å². The quantitative estimate of drug-likeness (QED) is 0.0377. The zero-order valence-corrected chi connectivity index (χ0v) is 122. The van der Waals surface area contributed by atoms with Crippen molar-refractivity contribution in [3.8, 4) is 0 Å². The summed E-state index contributed by atoms with van der Waals surface area (Å²) in [5.41, 5.74) is 0. The largest absolute Gasteiger partial charge is 2.00 e. The van der Waals surface area contributed by atoms with E-state index in [1.54, 1.807) is 5.79 Å². The molecule has 0 aromatic rings. The summed E-state index contributed by atoms with van der Waals surface area (Å²) in [6.07, 6.45) is 0. The van der Waals surface area contributed by atoms with E-state index in [-0.39, 0.29) is 349 Å². The van der Waals surface area contributed by atoms with Crippen LogP contribution in [0.25, 0.3) is 0 Å². The van der Waals surface area contributed by atoms with E-state index in [2.05, 4.69) is 58.6 Å². The van der Waals surface area contributed by atoms with E-state index in [1.807, 2.05) is 0 Å². The summed E-state index contributed by atoms with van der Waals surface area (Å²) in [5.74, 6) is 1.60. The van der Waals surface area contributed by atoms with Gasteiger partial charge in [0, 0.05) is 249 Å². The molecule has 0 aromatic carbocycles. The van der Waals surface area contributed by atoms with Crippen LogP contribution in [0, 0.1) is 22.3 Å². The van der Waals surface area contributed by atoms with E-state index in [0.29, 0.717) is 46.6 Å². The molecule has 0 aliphatic carbocycles. The minimum absolute atomic E-state index is 0. The van der Waals surface area contributed by atoms with Gasteiger partial charge in [-0.3, -0.25) is 45.7 Å². The van der Waals surface area contributed by atoms with Crippen molar-refractivity contribution in [2.75, 3.05) is 184 Å². The standard InChI is InChI=1S/9C2H7O3P.9CH5O3P.4CH3.4Al.4Ca.4Mg.4Zn.8H/c9*1-5-6(2,3)4;9*1-5(2,3)4;;;;;;;;;;;;;;;;;;;;;;;;;;;;/h9*1-2H3,(H,3,4);9*1H3,(H2,2,3,4);4*1H3;;;;;;;;;;;;;;;;;;;;;;;;/q;;;;;;;;;;;;;;;;;;;3*-1;2*+1;+2;+3;8*+2;;;;;;;;;4*-1/p-17. The normalized spacial score (nSPS) is 16.7. The van der Waals surface area contributed by atoms with Crippen LogP contribution in [0.1, 0.15) is 5.71 Å². The molecular weight excluding hydrogens is 2420 g/mol. The van der Waals surface area contributed by atoms with Gasteiger partial charge in [0.15, 0.2) is 0 Å². The molecule has 13 unspecified atom stereocenters. The van der Waals surface area contributed by atoms with Gasteiger partial charge in [0.2, 0.25) is 0 Å². The summed E-state index contributed by atoms with van der Waals surface area (Å²) in [6.45, 7) is 18.4. The second kappa shape index (κ2) is 111. The van der Waals surface area contributed by atoms with Gasteiger partial charge >= 0.3 is 360 Å². The monoisotopic (exact) mass is 2520 g/mol. The summed E-state index contributed by atoms with van der Waals surface area (Å²) in [5, 5.41) is 0. The zero-order chi connectivity index (χ0) is 89.5. The van der Waals surface area contributed by atoms with Gasteiger partial charge in [-0.2, -0.15) is 0 Å². The van der Waals surface area contributed by atoms with Crippen LogP contribution in [0.4, 0.5) is 0 Å². The van der Waals surface area contributed by atoms with Crippen molar-refractivity contribution in [2.24, 2.45) is 0 Å². The average molecular weight is 2530 g/mol. The van der Waals surface area contributed by atoms with Gasteiger partial charge in [0.1, 0.15) is 45.6 Å². The minimum Gasteiger partial charge on any atom is -1.00 e. The summed E-state index contributed by atoms with van der Waals surface area (Å²) in [7, 11) is -50.6.